The maximum Gasteiger partial charge on any atom is 0.500 e. The van der Waals surface area contributed by atoms with Crippen molar-refractivity contribution in [2.75, 3.05) is 20.8 Å². The molecule has 114 valence electrons. The van der Waals surface area contributed by atoms with E-state index in [2.05, 4.69) is 29.6 Å². The van der Waals surface area contributed by atoms with Gasteiger partial charge in [0.1, 0.15) is 0 Å². The third-order valence-electron chi connectivity index (χ3n) is 3.05. The third kappa shape index (κ3) is 6.15. The Bertz CT molecular complexity index is 355. The molecule has 1 aromatic carbocycles. The van der Waals surface area contributed by atoms with Gasteiger partial charge in [-0.3, -0.25) is 0 Å². The average molecular weight is 297 g/mol. The molecule has 0 atom stereocenters. The van der Waals surface area contributed by atoms with Gasteiger partial charge in [-0.2, -0.15) is 0 Å². The number of rotatable bonds is 10. The molecular formula is C15H27NO3Si. The highest BCUT2D eigenvalue weighted by atomic mass is 28.4. The van der Waals surface area contributed by atoms with Crippen LogP contribution in [0, 0.1) is 0 Å². The van der Waals surface area contributed by atoms with Gasteiger partial charge in [-0.15, -0.1) is 0 Å². The van der Waals surface area contributed by atoms with Crippen molar-refractivity contribution in [3.8, 4) is 0 Å². The summed E-state index contributed by atoms with van der Waals surface area (Å²) in [6, 6.07) is 11.2. The fraction of sp³-hybridized carbons (Fsp3) is 0.600. The van der Waals surface area contributed by atoms with Crippen molar-refractivity contribution in [3.05, 3.63) is 35.9 Å². The molecule has 0 bridgehead atoms. The van der Waals surface area contributed by atoms with Crippen molar-refractivity contribution in [1.82, 2.24) is 5.32 Å². The van der Waals surface area contributed by atoms with Gasteiger partial charge in [0.05, 0.1) is 0 Å². The van der Waals surface area contributed by atoms with Crippen LogP contribution in [0.15, 0.2) is 30.3 Å². The molecule has 0 spiro atoms. The quantitative estimate of drug-likeness (QED) is 0.532. The van der Waals surface area contributed by atoms with Crippen LogP contribution in [0.1, 0.15) is 25.8 Å². The van der Waals surface area contributed by atoms with Crippen LogP contribution in [0.3, 0.4) is 0 Å². The SMILES string of the molecule is CO[Si](CCCNCc1ccccc1)(OC)OC(C)C. The minimum atomic E-state index is -2.48. The monoisotopic (exact) mass is 297 g/mol. The Morgan fingerprint density at radius 1 is 1.10 bits per heavy atom. The van der Waals surface area contributed by atoms with Crippen LogP contribution in [0.2, 0.25) is 6.04 Å². The van der Waals surface area contributed by atoms with Crippen molar-refractivity contribution in [1.29, 1.82) is 0 Å². The van der Waals surface area contributed by atoms with Crippen LogP contribution in [0.25, 0.3) is 0 Å². The summed E-state index contributed by atoms with van der Waals surface area (Å²) in [4.78, 5) is 0. The van der Waals surface area contributed by atoms with Gasteiger partial charge in [-0.1, -0.05) is 30.3 Å². The Kier molecular flexibility index (Phi) is 8.02. The minimum Gasteiger partial charge on any atom is -0.377 e. The Balaban J connectivity index is 2.27. The second-order valence-corrected chi connectivity index (χ2v) is 7.94. The van der Waals surface area contributed by atoms with Gasteiger partial charge in [0.2, 0.25) is 0 Å². The molecular weight excluding hydrogens is 270 g/mol. The van der Waals surface area contributed by atoms with E-state index in [9.17, 15) is 0 Å². The highest BCUT2D eigenvalue weighted by Crippen LogP contribution is 2.17. The van der Waals surface area contributed by atoms with Gasteiger partial charge in [-0.05, 0) is 32.4 Å². The summed E-state index contributed by atoms with van der Waals surface area (Å²) >= 11 is 0. The van der Waals surface area contributed by atoms with Crippen molar-refractivity contribution >= 4 is 8.80 Å². The van der Waals surface area contributed by atoms with E-state index < -0.39 is 8.80 Å². The molecule has 0 saturated carbocycles. The van der Waals surface area contributed by atoms with E-state index >= 15 is 0 Å². The number of nitrogens with one attached hydrogen (secondary N) is 1. The highest BCUT2D eigenvalue weighted by molar-refractivity contribution is 6.60. The number of hydrogen-bond acceptors (Lipinski definition) is 4. The van der Waals surface area contributed by atoms with Gasteiger partial charge in [-0.25, -0.2) is 0 Å². The van der Waals surface area contributed by atoms with E-state index in [1.54, 1.807) is 14.2 Å². The molecule has 5 heteroatoms. The predicted octanol–water partition coefficient (Wildman–Crippen LogP) is 2.82. The standard InChI is InChI=1S/C15H27NO3Si/c1-14(2)19-20(17-3,18-4)12-8-11-16-13-15-9-6-5-7-10-15/h5-7,9-10,14,16H,8,11-13H2,1-4H3. The molecule has 1 N–H and O–H groups in total. The summed E-state index contributed by atoms with van der Waals surface area (Å²) in [5, 5.41) is 3.43. The Labute approximate surface area is 123 Å². The normalized spacial score (nSPS) is 12.1. The predicted molar refractivity (Wildman–Crippen MR) is 83.6 cm³/mol. The third-order valence-corrected chi connectivity index (χ3v) is 6.09. The molecule has 0 aromatic heterocycles. The second-order valence-electron chi connectivity index (χ2n) is 5.02. The molecule has 1 rings (SSSR count). The van der Waals surface area contributed by atoms with Gasteiger partial charge >= 0.3 is 8.80 Å². The van der Waals surface area contributed by atoms with Crippen molar-refractivity contribution in [2.24, 2.45) is 0 Å². The zero-order valence-electron chi connectivity index (χ0n) is 13.0. The molecule has 0 unspecified atom stereocenters. The molecule has 1 aromatic rings. The summed E-state index contributed by atoms with van der Waals surface area (Å²) in [6.07, 6.45) is 1.10. The van der Waals surface area contributed by atoms with Crippen LogP contribution in [0.5, 0.6) is 0 Å². The van der Waals surface area contributed by atoms with Gasteiger partial charge < -0.3 is 18.6 Å². The number of benzene rings is 1. The first kappa shape index (κ1) is 17.3. The fourth-order valence-corrected chi connectivity index (χ4v) is 4.27. The molecule has 0 saturated heterocycles. The van der Waals surface area contributed by atoms with E-state index in [0.29, 0.717) is 0 Å². The van der Waals surface area contributed by atoms with Crippen molar-refractivity contribution < 1.29 is 13.3 Å². The lowest BCUT2D eigenvalue weighted by atomic mass is 10.2. The highest BCUT2D eigenvalue weighted by Gasteiger charge is 2.39. The average Bonchev–Trinajstić information content (AvgIpc) is 2.46. The largest absolute Gasteiger partial charge is 0.500 e. The lowest BCUT2D eigenvalue weighted by molar-refractivity contribution is 0.0695. The van der Waals surface area contributed by atoms with Gasteiger partial charge in [0.25, 0.3) is 0 Å². The lowest BCUT2D eigenvalue weighted by Crippen LogP contribution is -2.46. The molecule has 0 fully saturated rings. The van der Waals surface area contributed by atoms with Crippen molar-refractivity contribution in [2.45, 2.75) is 39.0 Å². The topological polar surface area (TPSA) is 39.7 Å². The maximum absolute atomic E-state index is 5.87. The lowest BCUT2D eigenvalue weighted by Gasteiger charge is -2.28. The molecule has 0 radical (unpaired) electrons. The summed E-state index contributed by atoms with van der Waals surface area (Å²) in [6.45, 7) is 5.83. The van der Waals surface area contributed by atoms with Gasteiger partial charge in [0.15, 0.2) is 0 Å². The van der Waals surface area contributed by atoms with E-state index in [1.807, 2.05) is 19.9 Å². The fourth-order valence-electron chi connectivity index (χ4n) is 2.06. The molecule has 0 aliphatic heterocycles. The molecule has 0 amide bonds. The van der Waals surface area contributed by atoms with E-state index in [0.717, 1.165) is 25.6 Å². The first-order chi connectivity index (χ1) is 9.62. The van der Waals surface area contributed by atoms with Crippen LogP contribution in [0.4, 0.5) is 0 Å². The molecule has 0 aliphatic carbocycles. The maximum atomic E-state index is 5.87. The van der Waals surface area contributed by atoms with E-state index in [4.69, 9.17) is 13.3 Å². The Morgan fingerprint density at radius 3 is 2.30 bits per heavy atom. The van der Waals surface area contributed by atoms with Crippen LogP contribution in [-0.2, 0) is 19.8 Å². The number of hydrogen-bond donors (Lipinski definition) is 1. The van der Waals surface area contributed by atoms with Crippen LogP contribution in [-0.4, -0.2) is 35.7 Å². The van der Waals surface area contributed by atoms with Crippen LogP contribution < -0.4 is 5.32 Å². The Morgan fingerprint density at radius 2 is 1.75 bits per heavy atom. The molecule has 0 heterocycles. The van der Waals surface area contributed by atoms with Gasteiger partial charge in [0, 0.05) is 32.9 Å². The smallest absolute Gasteiger partial charge is 0.377 e. The van der Waals surface area contributed by atoms with E-state index in [-0.39, 0.29) is 6.10 Å². The summed E-state index contributed by atoms with van der Waals surface area (Å²) in [5.74, 6) is 0. The summed E-state index contributed by atoms with van der Waals surface area (Å²) < 4.78 is 16.9. The van der Waals surface area contributed by atoms with Crippen LogP contribution >= 0.6 is 0 Å². The van der Waals surface area contributed by atoms with E-state index in [1.165, 1.54) is 5.56 Å². The summed E-state index contributed by atoms with van der Waals surface area (Å²) in [5.41, 5.74) is 1.30. The Hall–Kier alpha value is -0.723. The molecule has 20 heavy (non-hydrogen) atoms. The minimum absolute atomic E-state index is 0.124. The summed E-state index contributed by atoms with van der Waals surface area (Å²) in [7, 11) is 0.876. The second kappa shape index (κ2) is 9.26. The molecule has 4 nitrogen and oxygen atoms in total. The first-order valence-corrected chi connectivity index (χ1v) is 9.08. The van der Waals surface area contributed by atoms with Crippen molar-refractivity contribution in [3.63, 3.8) is 0 Å². The zero-order chi connectivity index (χ0) is 14.8. The first-order valence-electron chi connectivity index (χ1n) is 7.14. The zero-order valence-corrected chi connectivity index (χ0v) is 14.0. The molecule has 0 aliphatic rings.